The Morgan fingerprint density at radius 1 is 1.32 bits per heavy atom. The van der Waals surface area contributed by atoms with Crippen LogP contribution < -0.4 is 9.46 Å². The molecule has 1 aromatic rings. The Kier molecular flexibility index (Phi) is 6.51. The van der Waals surface area contributed by atoms with Gasteiger partial charge in [-0.05, 0) is 33.3 Å². The highest BCUT2D eigenvalue weighted by Gasteiger charge is 2.28. The van der Waals surface area contributed by atoms with E-state index in [1.807, 2.05) is 27.7 Å². The lowest BCUT2D eigenvalue weighted by atomic mass is 10.2. The summed E-state index contributed by atoms with van der Waals surface area (Å²) in [7, 11) is 0. The van der Waals surface area contributed by atoms with Gasteiger partial charge in [0.25, 0.3) is 0 Å². The van der Waals surface area contributed by atoms with Crippen molar-refractivity contribution in [1.82, 2.24) is 9.71 Å². The molecule has 0 unspecified atom stereocenters. The quantitative estimate of drug-likeness (QED) is 0.806. The van der Waals surface area contributed by atoms with Crippen molar-refractivity contribution in [2.24, 2.45) is 0 Å². The van der Waals surface area contributed by atoms with Gasteiger partial charge in [-0.15, -0.1) is 4.72 Å². The number of aromatic nitrogens is 1. The van der Waals surface area contributed by atoms with E-state index in [4.69, 9.17) is 4.74 Å². The van der Waals surface area contributed by atoms with Gasteiger partial charge in [0.05, 0.1) is 19.1 Å². The normalized spacial score (nSPS) is 15.5. The first-order valence-electron chi connectivity index (χ1n) is 6.82. The molecular formula is C14H21F3N2O2S. The molecule has 0 saturated carbocycles. The van der Waals surface area contributed by atoms with E-state index in [0.29, 0.717) is 0 Å². The second-order valence-corrected chi connectivity index (χ2v) is 7.86. The van der Waals surface area contributed by atoms with Crippen LogP contribution in [0.4, 0.5) is 13.2 Å². The molecule has 0 amide bonds. The summed E-state index contributed by atoms with van der Waals surface area (Å²) in [4.78, 5) is 3.96. The van der Waals surface area contributed by atoms with E-state index in [1.165, 1.54) is 12.3 Å². The fourth-order valence-corrected chi connectivity index (χ4v) is 2.22. The number of alkyl halides is 3. The minimum absolute atomic E-state index is 0.136. The minimum Gasteiger partial charge on any atom is -0.598 e. The molecule has 0 radical (unpaired) electrons. The highest BCUT2D eigenvalue weighted by atomic mass is 32.2. The standard InChI is InChI=1S/C14H21F3N2O2S/c1-10(19-22(20)13(2,3)4)11-5-6-12(18-9-11)21-8-7-14(15,16)17/h5-6,9-10,19H,7-8H2,1-4H3/t10-,22-/m1/s1. The Bertz CT molecular complexity index is 461. The first-order chi connectivity index (χ1) is 9.99. The van der Waals surface area contributed by atoms with Crippen LogP contribution >= 0.6 is 0 Å². The number of rotatable bonds is 6. The summed E-state index contributed by atoms with van der Waals surface area (Å²) in [6.07, 6.45) is -3.76. The molecule has 0 aliphatic heterocycles. The Labute approximate surface area is 131 Å². The summed E-state index contributed by atoms with van der Waals surface area (Å²) in [5.41, 5.74) is 0.778. The fraction of sp³-hybridized carbons (Fsp3) is 0.643. The number of hydrogen-bond donors (Lipinski definition) is 1. The van der Waals surface area contributed by atoms with Gasteiger partial charge in [-0.1, -0.05) is 6.07 Å². The number of nitrogens with zero attached hydrogens (tertiary/aromatic N) is 1. The van der Waals surface area contributed by atoms with E-state index in [0.717, 1.165) is 5.56 Å². The van der Waals surface area contributed by atoms with Crippen molar-refractivity contribution in [2.45, 2.75) is 51.1 Å². The van der Waals surface area contributed by atoms with Crippen LogP contribution in [0.1, 0.15) is 45.7 Å². The van der Waals surface area contributed by atoms with E-state index in [1.54, 1.807) is 6.07 Å². The lowest BCUT2D eigenvalue weighted by Gasteiger charge is -2.26. The van der Waals surface area contributed by atoms with E-state index in [2.05, 4.69) is 9.71 Å². The van der Waals surface area contributed by atoms with Gasteiger partial charge in [-0.25, -0.2) is 4.98 Å². The van der Waals surface area contributed by atoms with E-state index >= 15 is 0 Å². The molecule has 1 aromatic heterocycles. The molecule has 1 rings (SSSR count). The maximum absolute atomic E-state index is 12.0. The number of halogens is 3. The number of hydrogen-bond acceptors (Lipinski definition) is 4. The molecule has 1 N–H and O–H groups in total. The molecule has 4 nitrogen and oxygen atoms in total. The Hall–Kier alpha value is -0.990. The van der Waals surface area contributed by atoms with Crippen molar-refractivity contribution in [3.05, 3.63) is 23.9 Å². The molecule has 2 atom stereocenters. The highest BCUT2D eigenvalue weighted by molar-refractivity contribution is 7.90. The van der Waals surface area contributed by atoms with Crippen molar-refractivity contribution in [2.75, 3.05) is 6.61 Å². The van der Waals surface area contributed by atoms with E-state index < -0.39 is 30.6 Å². The molecule has 1 heterocycles. The lowest BCUT2D eigenvalue weighted by Crippen LogP contribution is -2.40. The number of ether oxygens (including phenoxy) is 1. The number of nitrogens with one attached hydrogen (secondary N) is 1. The van der Waals surface area contributed by atoms with E-state index in [-0.39, 0.29) is 16.7 Å². The van der Waals surface area contributed by atoms with Gasteiger partial charge >= 0.3 is 6.18 Å². The summed E-state index contributed by atoms with van der Waals surface area (Å²) >= 11 is -1.22. The zero-order valence-corrected chi connectivity index (χ0v) is 13.8. The van der Waals surface area contributed by atoms with Crippen molar-refractivity contribution in [3.63, 3.8) is 0 Å². The average molecular weight is 338 g/mol. The minimum atomic E-state index is -4.24. The van der Waals surface area contributed by atoms with E-state index in [9.17, 15) is 17.7 Å². The third-order valence-electron chi connectivity index (χ3n) is 2.73. The van der Waals surface area contributed by atoms with Crippen LogP contribution in [-0.2, 0) is 11.4 Å². The van der Waals surface area contributed by atoms with Crippen molar-refractivity contribution in [3.8, 4) is 5.88 Å². The SMILES string of the molecule is C[C@@H](N[S@+]([O-])C(C)(C)C)c1ccc(OCCC(F)(F)F)nc1. The Morgan fingerprint density at radius 3 is 2.41 bits per heavy atom. The first kappa shape index (κ1) is 19.1. The van der Waals surface area contributed by atoms with Gasteiger partial charge in [-0.2, -0.15) is 13.2 Å². The number of pyridine rings is 1. The first-order valence-corrected chi connectivity index (χ1v) is 7.97. The molecule has 0 aliphatic rings. The van der Waals surface area contributed by atoms with Crippen LogP contribution in [0.3, 0.4) is 0 Å². The summed E-state index contributed by atoms with van der Waals surface area (Å²) < 4.78 is 55.5. The monoisotopic (exact) mass is 338 g/mol. The molecule has 0 bridgehead atoms. The highest BCUT2D eigenvalue weighted by Crippen LogP contribution is 2.22. The van der Waals surface area contributed by atoms with Gasteiger partial charge in [0.2, 0.25) is 5.88 Å². The lowest BCUT2D eigenvalue weighted by molar-refractivity contribution is -0.139. The van der Waals surface area contributed by atoms with Gasteiger partial charge in [-0.3, -0.25) is 0 Å². The molecule has 0 fully saturated rings. The van der Waals surface area contributed by atoms with Crippen LogP contribution in [0.15, 0.2) is 18.3 Å². The molecule has 0 aromatic carbocycles. The third-order valence-corrected chi connectivity index (χ3v) is 4.41. The topological polar surface area (TPSA) is 57.2 Å². The smallest absolute Gasteiger partial charge is 0.392 e. The Morgan fingerprint density at radius 2 is 1.95 bits per heavy atom. The molecule has 0 saturated heterocycles. The summed E-state index contributed by atoms with van der Waals surface area (Å²) in [6.45, 7) is 6.96. The summed E-state index contributed by atoms with van der Waals surface area (Å²) in [5, 5.41) is 0. The van der Waals surface area contributed by atoms with Gasteiger partial charge in [0.1, 0.15) is 4.75 Å². The second-order valence-electron chi connectivity index (χ2n) is 5.86. The maximum atomic E-state index is 12.0. The molecule has 0 spiro atoms. The molecular weight excluding hydrogens is 317 g/mol. The molecule has 0 aliphatic carbocycles. The molecule has 8 heteroatoms. The van der Waals surface area contributed by atoms with Crippen molar-refractivity contribution < 1.29 is 22.5 Å². The van der Waals surface area contributed by atoms with Crippen molar-refractivity contribution in [1.29, 1.82) is 0 Å². The predicted octanol–water partition coefficient (Wildman–Crippen LogP) is 3.53. The average Bonchev–Trinajstić information content (AvgIpc) is 2.36. The van der Waals surface area contributed by atoms with Crippen LogP contribution in [0.25, 0.3) is 0 Å². The maximum Gasteiger partial charge on any atom is 0.392 e. The Balaban J connectivity index is 2.54. The van der Waals surface area contributed by atoms with Crippen LogP contribution in [-0.4, -0.2) is 27.1 Å². The predicted molar refractivity (Wildman–Crippen MR) is 79.9 cm³/mol. The summed E-state index contributed by atoms with van der Waals surface area (Å²) in [5.74, 6) is 0.136. The van der Waals surface area contributed by atoms with Crippen LogP contribution in [0.2, 0.25) is 0 Å². The third kappa shape index (κ3) is 6.85. The zero-order valence-electron chi connectivity index (χ0n) is 13.0. The molecule has 126 valence electrons. The van der Waals surface area contributed by atoms with Crippen LogP contribution in [0.5, 0.6) is 5.88 Å². The van der Waals surface area contributed by atoms with Gasteiger partial charge < -0.3 is 9.29 Å². The van der Waals surface area contributed by atoms with Crippen LogP contribution in [0, 0.1) is 0 Å². The molecule has 22 heavy (non-hydrogen) atoms. The van der Waals surface area contributed by atoms with Crippen molar-refractivity contribution >= 4 is 11.4 Å². The largest absolute Gasteiger partial charge is 0.598 e. The second kappa shape index (κ2) is 7.52. The summed E-state index contributed by atoms with van der Waals surface area (Å²) in [6, 6.07) is 2.99. The zero-order chi connectivity index (χ0) is 17.0. The van der Waals surface area contributed by atoms with Gasteiger partial charge in [0, 0.05) is 23.6 Å². The fourth-order valence-electron chi connectivity index (χ4n) is 1.41. The van der Waals surface area contributed by atoms with Gasteiger partial charge in [0.15, 0.2) is 0 Å².